The van der Waals surface area contributed by atoms with E-state index in [2.05, 4.69) is 37.0 Å². The Kier molecular flexibility index (Phi) is 4.33. The second-order valence-corrected chi connectivity index (χ2v) is 8.52. The summed E-state index contributed by atoms with van der Waals surface area (Å²) in [7, 11) is 1.92. The molecule has 0 aliphatic rings. The van der Waals surface area contributed by atoms with Crippen LogP contribution in [0.15, 0.2) is 47.1 Å². The molecule has 0 fully saturated rings. The van der Waals surface area contributed by atoms with Gasteiger partial charge in [-0.15, -0.1) is 0 Å². The van der Waals surface area contributed by atoms with Crippen LogP contribution in [0.5, 0.6) is 0 Å². The molecule has 5 rings (SSSR count). The van der Waals surface area contributed by atoms with Crippen molar-refractivity contribution in [1.82, 2.24) is 4.98 Å². The van der Waals surface area contributed by atoms with Crippen molar-refractivity contribution in [3.8, 4) is 11.3 Å². The molecule has 0 N–H and O–H groups in total. The minimum absolute atomic E-state index is 0.329. The molecule has 0 bridgehead atoms. The Balaban J connectivity index is 1.97. The number of hydrogen-bond acceptors (Lipinski definition) is 2. The first kappa shape index (κ1) is 19.6. The third kappa shape index (κ3) is 2.83. The maximum Gasteiger partial charge on any atom is 0.287 e. The molecule has 0 saturated carbocycles. The van der Waals surface area contributed by atoms with Gasteiger partial charge in [-0.25, -0.2) is 13.3 Å². The van der Waals surface area contributed by atoms with E-state index in [0.717, 1.165) is 27.7 Å². The largest absolute Gasteiger partial charge is 0.455 e. The fraction of sp³-hybridized carbons (Fsp3) is 0.231. The number of furan rings is 1. The summed E-state index contributed by atoms with van der Waals surface area (Å²) in [4.78, 5) is 4.62. The highest BCUT2D eigenvalue weighted by atomic mass is 19.1. The first-order chi connectivity index (χ1) is 14.8. The summed E-state index contributed by atoms with van der Waals surface area (Å²) in [6.45, 7) is 7.97. The first-order valence-electron chi connectivity index (χ1n) is 10.4. The minimum atomic E-state index is -0.414. The molecule has 2 heterocycles. The molecule has 3 nitrogen and oxygen atoms in total. The zero-order valence-corrected chi connectivity index (χ0v) is 18.2. The Morgan fingerprint density at radius 1 is 0.968 bits per heavy atom. The predicted molar refractivity (Wildman–Crippen MR) is 119 cm³/mol. The summed E-state index contributed by atoms with van der Waals surface area (Å²) in [6, 6.07) is 10.5. The van der Waals surface area contributed by atoms with Gasteiger partial charge in [-0.1, -0.05) is 19.9 Å². The van der Waals surface area contributed by atoms with E-state index in [1.165, 1.54) is 17.7 Å². The molecule has 0 spiro atoms. The Morgan fingerprint density at radius 2 is 1.71 bits per heavy atom. The molecule has 0 saturated heterocycles. The SMILES string of the molecule is Cc1c(C)c(F)c2c(oc3cc(F)ccc32)c1-c1c2ccc(C(C)C)cc2nc[n+]1C. The number of aryl methyl sites for hydroxylation is 1. The summed E-state index contributed by atoms with van der Waals surface area (Å²) < 4.78 is 37.3. The fourth-order valence-electron chi connectivity index (χ4n) is 4.38. The highest BCUT2D eigenvalue weighted by molar-refractivity contribution is 6.12. The molecule has 5 heteroatoms. The van der Waals surface area contributed by atoms with Gasteiger partial charge in [-0.2, -0.15) is 0 Å². The molecule has 0 unspecified atom stereocenters. The lowest BCUT2D eigenvalue weighted by Crippen LogP contribution is -2.32. The zero-order valence-electron chi connectivity index (χ0n) is 18.2. The fourth-order valence-corrected chi connectivity index (χ4v) is 4.38. The molecule has 31 heavy (non-hydrogen) atoms. The van der Waals surface area contributed by atoms with Crippen molar-refractivity contribution >= 4 is 32.8 Å². The second kappa shape index (κ2) is 6.84. The molecule has 156 valence electrons. The quantitative estimate of drug-likeness (QED) is 0.301. The van der Waals surface area contributed by atoms with E-state index >= 15 is 4.39 Å². The van der Waals surface area contributed by atoms with E-state index in [-0.39, 0.29) is 5.82 Å². The van der Waals surface area contributed by atoms with Gasteiger partial charge in [-0.3, -0.25) is 0 Å². The third-order valence-corrected chi connectivity index (χ3v) is 6.27. The van der Waals surface area contributed by atoms with Gasteiger partial charge in [0.2, 0.25) is 0 Å². The maximum absolute atomic E-state index is 15.4. The molecular formula is C26H23F2N2O+. The third-order valence-electron chi connectivity index (χ3n) is 6.27. The number of hydrogen-bond donors (Lipinski definition) is 0. The van der Waals surface area contributed by atoms with Crippen LogP contribution in [0, 0.1) is 25.5 Å². The Bertz CT molecular complexity index is 1520. The molecule has 0 radical (unpaired) electrons. The van der Waals surface area contributed by atoms with Gasteiger partial charge in [0, 0.05) is 11.5 Å². The van der Waals surface area contributed by atoms with Gasteiger partial charge in [0.15, 0.2) is 5.52 Å². The smallest absolute Gasteiger partial charge is 0.287 e. The Labute approximate surface area is 178 Å². The van der Waals surface area contributed by atoms with Crippen molar-refractivity contribution in [3.05, 3.63) is 71.1 Å². The molecule has 2 aromatic heterocycles. The summed E-state index contributed by atoms with van der Waals surface area (Å²) in [6.07, 6.45) is 1.77. The van der Waals surface area contributed by atoms with Crippen LogP contribution in [-0.4, -0.2) is 4.98 Å². The highest BCUT2D eigenvalue weighted by Gasteiger charge is 2.27. The second-order valence-electron chi connectivity index (χ2n) is 8.52. The van der Waals surface area contributed by atoms with Crippen molar-refractivity contribution in [3.63, 3.8) is 0 Å². The van der Waals surface area contributed by atoms with Gasteiger partial charge in [0.1, 0.15) is 28.5 Å². The average molecular weight is 417 g/mol. The van der Waals surface area contributed by atoms with Gasteiger partial charge in [0.05, 0.1) is 23.4 Å². The number of rotatable bonds is 2. The Morgan fingerprint density at radius 3 is 2.45 bits per heavy atom. The van der Waals surface area contributed by atoms with E-state index in [1.807, 2.05) is 18.5 Å². The van der Waals surface area contributed by atoms with Crippen molar-refractivity contribution in [1.29, 1.82) is 0 Å². The lowest BCUT2D eigenvalue weighted by atomic mass is 9.93. The average Bonchev–Trinajstić information content (AvgIpc) is 3.11. The van der Waals surface area contributed by atoms with Crippen LogP contribution in [0.4, 0.5) is 8.78 Å². The lowest BCUT2D eigenvalue weighted by Gasteiger charge is -2.13. The van der Waals surface area contributed by atoms with Crippen LogP contribution in [0.2, 0.25) is 0 Å². The normalized spacial score (nSPS) is 12.0. The van der Waals surface area contributed by atoms with E-state index in [1.54, 1.807) is 19.3 Å². The standard InChI is InChI=1S/C26H23F2N2O/c1-13(2)16-6-8-18-20(10-16)29-12-30(5)25(18)22-14(3)15(4)24(28)23-19-9-7-17(27)11-21(19)31-26(22)23/h6-13H,1-5H3/q+1. The van der Waals surface area contributed by atoms with Gasteiger partial charge >= 0.3 is 0 Å². The van der Waals surface area contributed by atoms with Crippen LogP contribution >= 0.6 is 0 Å². The van der Waals surface area contributed by atoms with Crippen LogP contribution in [0.25, 0.3) is 44.1 Å². The number of aromatic nitrogens is 2. The number of halogens is 2. The molecule has 0 aliphatic heterocycles. The predicted octanol–water partition coefficient (Wildman–Crippen LogP) is 6.64. The van der Waals surface area contributed by atoms with Gasteiger partial charge in [-0.05, 0) is 65.7 Å². The topological polar surface area (TPSA) is 29.9 Å². The lowest BCUT2D eigenvalue weighted by molar-refractivity contribution is -0.662. The van der Waals surface area contributed by atoms with E-state index < -0.39 is 5.82 Å². The number of nitrogens with zero attached hydrogens (tertiary/aromatic N) is 2. The van der Waals surface area contributed by atoms with E-state index in [9.17, 15) is 4.39 Å². The van der Waals surface area contributed by atoms with Crippen molar-refractivity contribution in [2.45, 2.75) is 33.6 Å². The van der Waals surface area contributed by atoms with Crippen molar-refractivity contribution in [2.75, 3.05) is 0 Å². The molecule has 3 aromatic carbocycles. The molecule has 5 aromatic rings. The van der Waals surface area contributed by atoms with E-state index in [4.69, 9.17) is 4.42 Å². The molecule has 0 amide bonds. The van der Waals surface area contributed by atoms with E-state index in [0.29, 0.717) is 33.4 Å². The molecule has 0 atom stereocenters. The summed E-state index contributed by atoms with van der Waals surface area (Å²) in [5.74, 6) is -0.358. The van der Waals surface area contributed by atoms with Crippen LogP contribution in [0.3, 0.4) is 0 Å². The number of benzene rings is 3. The van der Waals surface area contributed by atoms with Crippen LogP contribution < -0.4 is 4.57 Å². The monoisotopic (exact) mass is 417 g/mol. The maximum atomic E-state index is 15.4. The van der Waals surface area contributed by atoms with Gasteiger partial charge < -0.3 is 4.42 Å². The molecular weight excluding hydrogens is 394 g/mol. The van der Waals surface area contributed by atoms with Gasteiger partial charge in [0.25, 0.3) is 6.33 Å². The van der Waals surface area contributed by atoms with Crippen molar-refractivity contribution in [2.24, 2.45) is 7.05 Å². The summed E-state index contributed by atoms with van der Waals surface area (Å²) in [5.41, 5.74) is 5.88. The Hall–Kier alpha value is -3.34. The summed E-state index contributed by atoms with van der Waals surface area (Å²) >= 11 is 0. The zero-order chi connectivity index (χ0) is 22.0. The summed E-state index contributed by atoms with van der Waals surface area (Å²) in [5, 5.41) is 1.91. The number of fused-ring (bicyclic) bond motifs is 4. The first-order valence-corrected chi connectivity index (χ1v) is 10.4. The van der Waals surface area contributed by atoms with Crippen LogP contribution in [0.1, 0.15) is 36.5 Å². The van der Waals surface area contributed by atoms with Crippen molar-refractivity contribution < 1.29 is 17.8 Å². The van der Waals surface area contributed by atoms with Crippen LogP contribution in [-0.2, 0) is 7.05 Å². The highest BCUT2D eigenvalue weighted by Crippen LogP contribution is 2.42. The molecule has 0 aliphatic carbocycles. The minimum Gasteiger partial charge on any atom is -0.455 e.